The van der Waals surface area contributed by atoms with E-state index in [1.165, 1.54) is 0 Å². The fraction of sp³-hybridized carbons (Fsp3) is 0.359. The van der Waals surface area contributed by atoms with Gasteiger partial charge in [0.2, 0.25) is 0 Å². The highest BCUT2D eigenvalue weighted by Crippen LogP contribution is 2.26. The molecule has 3 amide bonds. The molecule has 0 spiro atoms. The maximum absolute atomic E-state index is 13.5. The van der Waals surface area contributed by atoms with Crippen molar-refractivity contribution in [3.8, 4) is 0 Å². The van der Waals surface area contributed by atoms with E-state index in [0.29, 0.717) is 34.5 Å². The zero-order chi connectivity index (χ0) is 33.2. The Kier molecular flexibility index (Phi) is 9.57. The maximum atomic E-state index is 13.5. The molecule has 236 valence electrons. The Morgan fingerprint density at radius 2 is 0.978 bits per heavy atom. The molecule has 1 atom stereocenters. The monoisotopic (exact) mass is 605 g/mol. The summed E-state index contributed by atoms with van der Waals surface area (Å²) in [5.74, 6) is -0.850. The van der Waals surface area contributed by atoms with E-state index >= 15 is 0 Å². The third-order valence-corrected chi connectivity index (χ3v) is 8.04. The van der Waals surface area contributed by atoms with Gasteiger partial charge in [0.05, 0.1) is 6.04 Å². The summed E-state index contributed by atoms with van der Waals surface area (Å²) >= 11 is 0. The van der Waals surface area contributed by atoms with Gasteiger partial charge in [-0.25, -0.2) is 0 Å². The molecule has 0 aromatic heterocycles. The summed E-state index contributed by atoms with van der Waals surface area (Å²) < 4.78 is 0. The molecule has 0 saturated heterocycles. The van der Waals surface area contributed by atoms with Crippen molar-refractivity contribution in [1.82, 2.24) is 10.6 Å². The average molecular weight is 606 g/mol. The Balaban J connectivity index is 1.56. The Labute approximate surface area is 268 Å². The molecule has 0 bridgehead atoms. The Morgan fingerprint density at radius 3 is 1.42 bits per heavy atom. The second kappa shape index (κ2) is 12.9. The van der Waals surface area contributed by atoms with Gasteiger partial charge in [0, 0.05) is 34.5 Å². The molecule has 4 rings (SSSR count). The highest BCUT2D eigenvalue weighted by Gasteiger charge is 2.24. The van der Waals surface area contributed by atoms with Crippen molar-refractivity contribution in [3.05, 3.63) is 124 Å². The van der Waals surface area contributed by atoms with Crippen LogP contribution in [0.25, 0.3) is 0 Å². The molecule has 1 unspecified atom stereocenters. The SMILES string of the molecule is CC(C)(C)c1ccc(NC(=O)C2=CC(NC(=O)c3ccc(C(C)(C)C)cc3)CC(NC(=O)c3ccc(C(C)(C)C)cc3)=C2)cc1. The van der Waals surface area contributed by atoms with Gasteiger partial charge in [0.25, 0.3) is 17.7 Å². The summed E-state index contributed by atoms with van der Waals surface area (Å²) in [7, 11) is 0. The summed E-state index contributed by atoms with van der Waals surface area (Å²) in [6.45, 7) is 19.2. The highest BCUT2D eigenvalue weighted by molar-refractivity contribution is 6.06. The number of carbonyl (C=O) groups excluding carboxylic acids is 3. The molecule has 45 heavy (non-hydrogen) atoms. The number of hydrogen-bond donors (Lipinski definition) is 3. The van der Waals surface area contributed by atoms with Crippen LogP contribution in [0.3, 0.4) is 0 Å². The fourth-order valence-corrected chi connectivity index (χ4v) is 5.10. The molecule has 0 aliphatic heterocycles. The van der Waals surface area contributed by atoms with E-state index in [4.69, 9.17) is 0 Å². The zero-order valence-corrected chi connectivity index (χ0v) is 28.1. The van der Waals surface area contributed by atoms with Crippen LogP contribution < -0.4 is 16.0 Å². The number of nitrogens with one attached hydrogen (secondary N) is 3. The topological polar surface area (TPSA) is 87.3 Å². The van der Waals surface area contributed by atoms with Crippen molar-refractivity contribution >= 4 is 23.4 Å². The van der Waals surface area contributed by atoms with Crippen molar-refractivity contribution in [2.24, 2.45) is 0 Å². The van der Waals surface area contributed by atoms with E-state index in [1.54, 1.807) is 12.2 Å². The molecule has 3 aromatic rings. The van der Waals surface area contributed by atoms with Gasteiger partial charge in [-0.1, -0.05) is 98.7 Å². The first-order valence-corrected chi connectivity index (χ1v) is 15.6. The summed E-state index contributed by atoms with van der Waals surface area (Å²) in [5, 5.41) is 8.99. The predicted octanol–water partition coefficient (Wildman–Crippen LogP) is 7.96. The molecule has 3 N–H and O–H groups in total. The Hall–Kier alpha value is -4.45. The molecular weight excluding hydrogens is 558 g/mol. The third-order valence-electron chi connectivity index (χ3n) is 8.04. The van der Waals surface area contributed by atoms with Crippen LogP contribution in [-0.2, 0) is 21.0 Å². The second-order valence-electron chi connectivity index (χ2n) is 15.0. The Bertz CT molecular complexity index is 1610. The zero-order valence-electron chi connectivity index (χ0n) is 28.1. The molecule has 0 radical (unpaired) electrons. The molecule has 1 aliphatic rings. The quantitative estimate of drug-likeness (QED) is 0.266. The molecule has 0 heterocycles. The highest BCUT2D eigenvalue weighted by atomic mass is 16.2. The van der Waals surface area contributed by atoms with Gasteiger partial charge in [-0.15, -0.1) is 0 Å². The third kappa shape index (κ3) is 8.81. The van der Waals surface area contributed by atoms with Crippen molar-refractivity contribution in [3.63, 3.8) is 0 Å². The van der Waals surface area contributed by atoms with Crippen LogP contribution in [0.2, 0.25) is 0 Å². The van der Waals surface area contributed by atoms with Crippen molar-refractivity contribution in [2.75, 3.05) is 5.32 Å². The van der Waals surface area contributed by atoms with Crippen molar-refractivity contribution < 1.29 is 14.4 Å². The van der Waals surface area contributed by atoms with Gasteiger partial charge in [0.1, 0.15) is 0 Å². The first-order valence-electron chi connectivity index (χ1n) is 15.6. The van der Waals surface area contributed by atoms with Gasteiger partial charge in [-0.05, 0) is 81.5 Å². The number of anilines is 1. The van der Waals surface area contributed by atoms with Crippen LogP contribution in [0.5, 0.6) is 0 Å². The number of benzene rings is 3. The number of carbonyl (C=O) groups is 3. The van der Waals surface area contributed by atoms with Crippen molar-refractivity contribution in [2.45, 2.75) is 91.0 Å². The van der Waals surface area contributed by atoms with Gasteiger partial charge in [-0.2, -0.15) is 0 Å². The lowest BCUT2D eigenvalue weighted by atomic mass is 9.86. The summed E-state index contributed by atoms with van der Waals surface area (Å²) in [5.41, 5.74) is 5.98. The predicted molar refractivity (Wildman–Crippen MR) is 184 cm³/mol. The van der Waals surface area contributed by atoms with Crippen LogP contribution in [0.1, 0.15) is 106 Å². The van der Waals surface area contributed by atoms with Crippen LogP contribution in [0.4, 0.5) is 5.69 Å². The van der Waals surface area contributed by atoms with Crippen molar-refractivity contribution in [1.29, 1.82) is 0 Å². The minimum Gasteiger partial charge on any atom is -0.345 e. The average Bonchev–Trinajstić information content (AvgIpc) is 2.96. The number of hydrogen-bond acceptors (Lipinski definition) is 3. The largest absolute Gasteiger partial charge is 0.345 e. The summed E-state index contributed by atoms with van der Waals surface area (Å²) in [6.07, 6.45) is 3.75. The van der Waals surface area contributed by atoms with Gasteiger partial charge in [0.15, 0.2) is 0 Å². The lowest BCUT2D eigenvalue weighted by molar-refractivity contribution is -0.112. The van der Waals surface area contributed by atoms with E-state index in [2.05, 4.69) is 78.3 Å². The van der Waals surface area contributed by atoms with E-state index in [-0.39, 0.29) is 34.0 Å². The number of rotatable bonds is 6. The van der Waals surface area contributed by atoms with Crippen LogP contribution in [0.15, 0.2) is 96.2 Å². The molecule has 6 heteroatoms. The van der Waals surface area contributed by atoms with Gasteiger partial charge >= 0.3 is 0 Å². The smallest absolute Gasteiger partial charge is 0.255 e. The molecule has 1 aliphatic carbocycles. The minimum atomic E-state index is -0.507. The second-order valence-corrected chi connectivity index (χ2v) is 15.0. The Morgan fingerprint density at radius 1 is 0.556 bits per heavy atom. The van der Waals surface area contributed by atoms with Crippen LogP contribution in [-0.4, -0.2) is 23.8 Å². The van der Waals surface area contributed by atoms with Crippen LogP contribution in [0, 0.1) is 0 Å². The first kappa shape index (κ1) is 33.4. The van der Waals surface area contributed by atoms with Gasteiger partial charge in [-0.3, -0.25) is 14.4 Å². The van der Waals surface area contributed by atoms with E-state index < -0.39 is 6.04 Å². The molecule has 0 fully saturated rings. The van der Waals surface area contributed by atoms with E-state index in [9.17, 15) is 14.4 Å². The summed E-state index contributed by atoms with van der Waals surface area (Å²) in [4.78, 5) is 40.0. The molecule has 0 saturated carbocycles. The fourth-order valence-electron chi connectivity index (χ4n) is 5.10. The standard InChI is InChI=1S/C39H47N3O3/c1-37(2,3)28-14-10-25(11-15-28)34(43)41-32-22-27(36(45)40-31-20-18-30(19-21-31)39(7,8)9)23-33(24-32)42-35(44)26-12-16-29(17-13-26)38(4,5)6/h10-23,32H,24H2,1-9H3,(H,40,45)(H,41,43)(H,42,44). The first-order chi connectivity index (χ1) is 20.9. The van der Waals surface area contributed by atoms with E-state index in [0.717, 1.165) is 16.7 Å². The lowest BCUT2D eigenvalue weighted by Crippen LogP contribution is -2.38. The van der Waals surface area contributed by atoms with E-state index in [1.807, 2.05) is 72.8 Å². The van der Waals surface area contributed by atoms with Gasteiger partial charge < -0.3 is 16.0 Å². The number of amides is 3. The minimum absolute atomic E-state index is 0.00412. The molecule has 6 nitrogen and oxygen atoms in total. The summed E-state index contributed by atoms with van der Waals surface area (Å²) in [6, 6.07) is 22.4. The lowest BCUT2D eigenvalue weighted by Gasteiger charge is -2.24. The molecular formula is C39H47N3O3. The normalized spacial score (nSPS) is 15.4. The maximum Gasteiger partial charge on any atom is 0.255 e. The molecule has 3 aromatic carbocycles. The van der Waals surface area contributed by atoms with Crippen LogP contribution >= 0.6 is 0 Å².